The lowest BCUT2D eigenvalue weighted by molar-refractivity contribution is -0.130. The fourth-order valence-corrected chi connectivity index (χ4v) is 4.67. The molecular weight excluding hydrogens is 555 g/mol. The van der Waals surface area contributed by atoms with Gasteiger partial charge in [0.05, 0.1) is 17.2 Å². The summed E-state index contributed by atoms with van der Waals surface area (Å²) in [7, 11) is 0. The van der Waals surface area contributed by atoms with E-state index < -0.39 is 47.6 Å². The maximum absolute atomic E-state index is 14.6. The normalized spacial score (nSPS) is 20.0. The summed E-state index contributed by atoms with van der Waals surface area (Å²) in [5, 5.41) is 20.0. The molecule has 2 bridgehead atoms. The summed E-state index contributed by atoms with van der Waals surface area (Å²) in [6, 6.07) is 11.5. The van der Waals surface area contributed by atoms with E-state index in [2.05, 4.69) is 26.3 Å². The minimum Gasteiger partial charge on any atom is -0.446 e. The summed E-state index contributed by atoms with van der Waals surface area (Å²) >= 11 is 0. The fourth-order valence-electron chi connectivity index (χ4n) is 4.67. The Balaban J connectivity index is 1.63. The van der Waals surface area contributed by atoms with Crippen LogP contribution in [0.15, 0.2) is 59.2 Å². The van der Waals surface area contributed by atoms with Crippen LogP contribution in [0.4, 0.5) is 4.39 Å². The molecule has 3 aromatic rings. The van der Waals surface area contributed by atoms with Gasteiger partial charge in [0.25, 0.3) is 11.8 Å². The number of aromatic nitrogens is 1. The van der Waals surface area contributed by atoms with Crippen LogP contribution in [0.2, 0.25) is 0 Å². The van der Waals surface area contributed by atoms with Gasteiger partial charge in [-0.1, -0.05) is 44.2 Å². The van der Waals surface area contributed by atoms with E-state index in [0.29, 0.717) is 12.8 Å². The standard InChI is InChI=1S/C31H33FN6O5/c1-18(2)26-31-37-25(17-43-31)28(40)34-13-7-6-10-23(35-27(39)21-12-11-20(16-33)14-22(21)32)29(41)36-24(30(42)38-26)15-19-8-4-3-5-9-19/h3-5,8-9,11-12,14,17-18,23-24,26H,6-7,10,13,15H2,1-2H3,(H,34,40)(H,35,39)(H,36,41)(H,38,42)/t23-,24-,26-/m0/s1. The van der Waals surface area contributed by atoms with Gasteiger partial charge in [0.2, 0.25) is 17.7 Å². The summed E-state index contributed by atoms with van der Waals surface area (Å²) in [4.78, 5) is 57.3. The number of nitrogens with one attached hydrogen (secondary N) is 4. The van der Waals surface area contributed by atoms with Gasteiger partial charge in [0.15, 0.2) is 5.69 Å². The predicted octanol–water partition coefficient (Wildman–Crippen LogP) is 2.94. The number of rotatable bonds is 5. The van der Waals surface area contributed by atoms with Crippen molar-refractivity contribution in [2.24, 2.45) is 5.92 Å². The fraction of sp³-hybridized carbons (Fsp3) is 0.355. The van der Waals surface area contributed by atoms with Crippen molar-refractivity contribution in [1.29, 1.82) is 5.26 Å². The van der Waals surface area contributed by atoms with Crippen LogP contribution in [-0.2, 0) is 16.0 Å². The summed E-state index contributed by atoms with van der Waals surface area (Å²) in [5.41, 5.74) is 0.585. The smallest absolute Gasteiger partial charge is 0.273 e. The molecule has 0 saturated carbocycles. The number of benzene rings is 2. The van der Waals surface area contributed by atoms with Crippen molar-refractivity contribution in [3.05, 3.63) is 88.9 Å². The first-order valence-corrected chi connectivity index (χ1v) is 14.0. The number of nitrogens with zero attached hydrogens (tertiary/aromatic N) is 2. The number of hydrogen-bond acceptors (Lipinski definition) is 7. The zero-order chi connectivity index (χ0) is 30.9. The molecule has 2 aromatic carbocycles. The largest absolute Gasteiger partial charge is 0.446 e. The third kappa shape index (κ3) is 8.03. The molecule has 4 amide bonds. The molecule has 0 aliphatic carbocycles. The van der Waals surface area contributed by atoms with Gasteiger partial charge >= 0.3 is 0 Å². The Morgan fingerprint density at radius 2 is 1.88 bits per heavy atom. The first-order valence-electron chi connectivity index (χ1n) is 14.0. The molecule has 0 spiro atoms. The maximum atomic E-state index is 14.6. The molecule has 3 atom stereocenters. The molecule has 1 aliphatic heterocycles. The molecular formula is C31H33FN6O5. The molecule has 0 radical (unpaired) electrons. The van der Waals surface area contributed by atoms with E-state index >= 15 is 0 Å². The van der Waals surface area contributed by atoms with Gasteiger partial charge in [-0.3, -0.25) is 19.2 Å². The van der Waals surface area contributed by atoms with Gasteiger partial charge in [-0.2, -0.15) is 5.26 Å². The van der Waals surface area contributed by atoms with Gasteiger partial charge in [0.1, 0.15) is 30.2 Å². The summed E-state index contributed by atoms with van der Waals surface area (Å²) in [6.07, 6.45) is 2.40. The van der Waals surface area contributed by atoms with E-state index in [0.717, 1.165) is 11.6 Å². The predicted molar refractivity (Wildman–Crippen MR) is 153 cm³/mol. The topological polar surface area (TPSA) is 166 Å². The average Bonchev–Trinajstić information content (AvgIpc) is 3.48. The second-order valence-corrected chi connectivity index (χ2v) is 10.6. The minimum absolute atomic E-state index is 0.0496. The van der Waals surface area contributed by atoms with Crippen molar-refractivity contribution < 1.29 is 28.0 Å². The second kappa shape index (κ2) is 14.2. The van der Waals surface area contributed by atoms with E-state index in [4.69, 9.17) is 9.68 Å². The number of amides is 4. The highest BCUT2D eigenvalue weighted by Crippen LogP contribution is 2.22. The lowest BCUT2D eigenvalue weighted by Gasteiger charge is -2.26. The molecule has 0 unspecified atom stereocenters. The van der Waals surface area contributed by atoms with Crippen LogP contribution >= 0.6 is 0 Å². The van der Waals surface area contributed by atoms with Gasteiger partial charge in [-0.15, -0.1) is 0 Å². The van der Waals surface area contributed by atoms with E-state index in [-0.39, 0.29) is 48.0 Å². The zero-order valence-corrected chi connectivity index (χ0v) is 23.9. The Kier molecular flexibility index (Phi) is 10.2. The molecule has 4 N–H and O–H groups in total. The first kappa shape index (κ1) is 30.9. The van der Waals surface area contributed by atoms with E-state index in [9.17, 15) is 23.6 Å². The summed E-state index contributed by atoms with van der Waals surface area (Å²) in [5.74, 6) is -3.36. The van der Waals surface area contributed by atoms with Crippen LogP contribution in [0.1, 0.15) is 77.0 Å². The van der Waals surface area contributed by atoms with Crippen LogP contribution in [0, 0.1) is 23.1 Å². The second-order valence-electron chi connectivity index (χ2n) is 10.6. The number of carbonyl (C=O) groups is 4. The molecule has 2 heterocycles. The van der Waals surface area contributed by atoms with Crippen LogP contribution in [0.3, 0.4) is 0 Å². The lowest BCUT2D eigenvalue weighted by Crippen LogP contribution is -2.55. The Morgan fingerprint density at radius 3 is 2.58 bits per heavy atom. The Labute approximate surface area is 248 Å². The number of nitriles is 1. The number of fused-ring (bicyclic) bond motifs is 2. The van der Waals surface area contributed by atoms with Crippen molar-refractivity contribution >= 4 is 23.6 Å². The third-order valence-electron chi connectivity index (χ3n) is 7.07. The Morgan fingerprint density at radius 1 is 1.12 bits per heavy atom. The van der Waals surface area contributed by atoms with E-state index in [1.807, 2.05) is 50.2 Å². The van der Waals surface area contributed by atoms with Gasteiger partial charge in [0, 0.05) is 13.0 Å². The summed E-state index contributed by atoms with van der Waals surface area (Å²) in [6.45, 7) is 3.98. The molecule has 4 rings (SSSR count). The monoisotopic (exact) mass is 588 g/mol. The highest BCUT2D eigenvalue weighted by molar-refractivity contribution is 5.98. The molecule has 224 valence electrons. The highest BCUT2D eigenvalue weighted by Gasteiger charge is 2.32. The maximum Gasteiger partial charge on any atom is 0.273 e. The number of hydrogen-bond donors (Lipinski definition) is 4. The van der Waals surface area contributed by atoms with Crippen LogP contribution in [0.25, 0.3) is 0 Å². The molecule has 11 nitrogen and oxygen atoms in total. The molecule has 12 heteroatoms. The molecule has 1 aliphatic rings. The summed E-state index contributed by atoms with van der Waals surface area (Å²) < 4.78 is 20.2. The number of halogens is 1. The van der Waals surface area contributed by atoms with E-state index in [1.54, 1.807) is 0 Å². The van der Waals surface area contributed by atoms with Crippen molar-refractivity contribution in [2.75, 3.05) is 6.54 Å². The Bertz CT molecular complexity index is 1520. The van der Waals surface area contributed by atoms with Crippen LogP contribution < -0.4 is 21.3 Å². The van der Waals surface area contributed by atoms with Crippen molar-refractivity contribution in [3.8, 4) is 6.07 Å². The average molecular weight is 589 g/mol. The third-order valence-corrected chi connectivity index (χ3v) is 7.07. The van der Waals surface area contributed by atoms with Crippen LogP contribution in [-0.4, -0.2) is 47.2 Å². The number of oxazole rings is 1. The molecule has 0 fully saturated rings. The van der Waals surface area contributed by atoms with Crippen LogP contribution in [0.5, 0.6) is 0 Å². The lowest BCUT2D eigenvalue weighted by atomic mass is 10.0. The van der Waals surface area contributed by atoms with Gasteiger partial charge < -0.3 is 25.7 Å². The van der Waals surface area contributed by atoms with Crippen molar-refractivity contribution in [2.45, 2.75) is 57.7 Å². The SMILES string of the molecule is CC(C)[C@@H]1NC(=O)[C@H](Cc2ccccc2)NC(=O)[C@@H](NC(=O)c2ccc(C#N)cc2F)CCCCNC(=O)c2coc1n2. The number of carbonyl (C=O) groups excluding carboxylic acids is 4. The van der Waals surface area contributed by atoms with E-state index in [1.165, 1.54) is 18.4 Å². The highest BCUT2D eigenvalue weighted by atomic mass is 19.1. The quantitative estimate of drug-likeness (QED) is 0.356. The Hall–Kier alpha value is -5.05. The molecule has 1 aromatic heterocycles. The van der Waals surface area contributed by atoms with Crippen molar-refractivity contribution in [1.82, 2.24) is 26.3 Å². The van der Waals surface area contributed by atoms with Gasteiger partial charge in [-0.25, -0.2) is 9.37 Å². The molecule has 43 heavy (non-hydrogen) atoms. The first-order chi connectivity index (χ1) is 20.7. The van der Waals surface area contributed by atoms with Crippen molar-refractivity contribution in [3.63, 3.8) is 0 Å². The zero-order valence-electron chi connectivity index (χ0n) is 23.9. The minimum atomic E-state index is -1.12. The van der Waals surface area contributed by atoms with Gasteiger partial charge in [-0.05, 0) is 48.9 Å². The molecule has 0 saturated heterocycles.